The van der Waals surface area contributed by atoms with Crippen LogP contribution in [-0.4, -0.2) is 36.7 Å². The summed E-state index contributed by atoms with van der Waals surface area (Å²) >= 11 is 0. The average Bonchev–Trinajstić information content (AvgIpc) is 2.83. The van der Waals surface area contributed by atoms with Gasteiger partial charge >= 0.3 is 0 Å². The molecule has 2 atom stereocenters. The van der Waals surface area contributed by atoms with Crippen LogP contribution in [0.2, 0.25) is 0 Å². The van der Waals surface area contributed by atoms with Crippen LogP contribution in [-0.2, 0) is 9.53 Å². The summed E-state index contributed by atoms with van der Waals surface area (Å²) in [5, 5.41) is 3.29. The fraction of sp³-hybridized carbons (Fsp3) is 0.500. The van der Waals surface area contributed by atoms with Crippen molar-refractivity contribution in [1.29, 1.82) is 0 Å². The lowest BCUT2D eigenvalue weighted by molar-refractivity contribution is -0.133. The largest absolute Gasteiger partial charge is 0.379 e. The first-order valence-electron chi connectivity index (χ1n) is 6.53. The molecule has 4 nitrogen and oxygen atoms in total. The van der Waals surface area contributed by atoms with Gasteiger partial charge in [0.25, 0.3) is 0 Å². The second-order valence-corrected chi connectivity index (χ2v) is 4.88. The summed E-state index contributed by atoms with van der Waals surface area (Å²) < 4.78 is 5.46. The highest BCUT2D eigenvalue weighted by molar-refractivity contribution is 5.85. The summed E-state index contributed by atoms with van der Waals surface area (Å²) in [6.07, 6.45) is 2.10. The molecule has 18 heavy (non-hydrogen) atoms. The minimum absolute atomic E-state index is 0.178. The maximum atomic E-state index is 12.4. The molecule has 0 spiro atoms. The van der Waals surface area contributed by atoms with Crippen LogP contribution < -0.4 is 5.32 Å². The Morgan fingerprint density at radius 1 is 1.28 bits per heavy atom. The predicted octanol–water partition coefficient (Wildman–Crippen LogP) is 1.30. The van der Waals surface area contributed by atoms with Gasteiger partial charge < -0.3 is 9.64 Å². The van der Waals surface area contributed by atoms with Crippen LogP contribution in [0.1, 0.15) is 24.4 Å². The zero-order valence-corrected chi connectivity index (χ0v) is 10.3. The molecule has 3 rings (SSSR count). The third kappa shape index (κ3) is 2.13. The molecule has 0 saturated carbocycles. The van der Waals surface area contributed by atoms with Crippen molar-refractivity contribution in [2.75, 3.05) is 19.9 Å². The van der Waals surface area contributed by atoms with Gasteiger partial charge in [-0.1, -0.05) is 30.3 Å². The first-order valence-corrected chi connectivity index (χ1v) is 6.53. The molecule has 96 valence electrons. The van der Waals surface area contributed by atoms with Crippen LogP contribution in [0.25, 0.3) is 0 Å². The van der Waals surface area contributed by atoms with E-state index in [1.807, 2.05) is 35.2 Å². The van der Waals surface area contributed by atoms with Gasteiger partial charge in [0, 0.05) is 6.61 Å². The Labute approximate surface area is 107 Å². The number of rotatable bonds is 2. The normalized spacial score (nSPS) is 28.7. The Balaban J connectivity index is 1.72. The minimum atomic E-state index is -0.187. The Bertz CT molecular complexity index is 415. The highest BCUT2D eigenvalue weighted by Crippen LogP contribution is 2.24. The van der Waals surface area contributed by atoms with E-state index in [4.69, 9.17) is 4.74 Å². The molecule has 2 saturated heterocycles. The number of hydrogen-bond donors (Lipinski definition) is 1. The van der Waals surface area contributed by atoms with Crippen LogP contribution in [0.4, 0.5) is 0 Å². The molecule has 0 radical (unpaired) electrons. The molecular weight excluding hydrogens is 228 g/mol. The van der Waals surface area contributed by atoms with Crippen LogP contribution in [0.5, 0.6) is 0 Å². The standard InChI is InChI=1S/C14H18N2O2/c17-14-13(11-5-2-1-3-6-11)15-10-16(14)12-7-4-8-18-9-12/h1-3,5-6,12-13,15H,4,7-10H2. The van der Waals surface area contributed by atoms with Gasteiger partial charge in [-0.25, -0.2) is 0 Å². The van der Waals surface area contributed by atoms with Crippen LogP contribution >= 0.6 is 0 Å². The van der Waals surface area contributed by atoms with Gasteiger partial charge in [-0.15, -0.1) is 0 Å². The number of carbonyl (C=O) groups is 1. The summed E-state index contributed by atoms with van der Waals surface area (Å²) in [4.78, 5) is 14.3. The quantitative estimate of drug-likeness (QED) is 0.855. The molecule has 1 aromatic carbocycles. The van der Waals surface area contributed by atoms with E-state index < -0.39 is 0 Å². The molecule has 2 aliphatic heterocycles. The van der Waals surface area contributed by atoms with Crippen molar-refractivity contribution in [3.05, 3.63) is 35.9 Å². The van der Waals surface area contributed by atoms with E-state index >= 15 is 0 Å². The lowest BCUT2D eigenvalue weighted by Gasteiger charge is -2.30. The SMILES string of the molecule is O=C1C(c2ccccc2)NCN1C1CCCOC1. The van der Waals surface area contributed by atoms with Gasteiger partial charge in [0.2, 0.25) is 5.91 Å². The molecule has 1 aromatic rings. The van der Waals surface area contributed by atoms with Crippen LogP contribution in [0.15, 0.2) is 30.3 Å². The maximum Gasteiger partial charge on any atom is 0.245 e. The van der Waals surface area contributed by atoms with E-state index in [1.54, 1.807) is 0 Å². The summed E-state index contributed by atoms with van der Waals surface area (Å²) in [7, 11) is 0. The summed E-state index contributed by atoms with van der Waals surface area (Å²) in [6.45, 7) is 2.13. The van der Waals surface area contributed by atoms with E-state index in [0.717, 1.165) is 25.0 Å². The lowest BCUT2D eigenvalue weighted by atomic mass is 10.1. The Morgan fingerprint density at radius 3 is 2.83 bits per heavy atom. The molecule has 2 heterocycles. The van der Waals surface area contributed by atoms with E-state index in [2.05, 4.69) is 5.32 Å². The first-order chi connectivity index (χ1) is 8.86. The van der Waals surface area contributed by atoms with Gasteiger partial charge in [-0.3, -0.25) is 10.1 Å². The number of amides is 1. The average molecular weight is 246 g/mol. The van der Waals surface area contributed by atoms with Gasteiger partial charge in [0.1, 0.15) is 6.04 Å². The second kappa shape index (κ2) is 5.08. The Hall–Kier alpha value is -1.39. The van der Waals surface area contributed by atoms with Gasteiger partial charge in [-0.2, -0.15) is 0 Å². The Kier molecular flexibility index (Phi) is 3.30. The number of carbonyl (C=O) groups excluding carboxylic acids is 1. The van der Waals surface area contributed by atoms with Crippen molar-refractivity contribution in [2.45, 2.75) is 24.9 Å². The van der Waals surface area contributed by atoms with Crippen molar-refractivity contribution in [3.63, 3.8) is 0 Å². The first kappa shape index (κ1) is 11.7. The van der Waals surface area contributed by atoms with Crippen LogP contribution in [0, 0.1) is 0 Å². The van der Waals surface area contributed by atoms with E-state index in [-0.39, 0.29) is 18.0 Å². The van der Waals surface area contributed by atoms with E-state index in [9.17, 15) is 4.79 Å². The van der Waals surface area contributed by atoms with Gasteiger partial charge in [-0.05, 0) is 18.4 Å². The molecule has 0 aromatic heterocycles. The van der Waals surface area contributed by atoms with Crippen molar-refractivity contribution >= 4 is 5.91 Å². The zero-order valence-electron chi connectivity index (χ0n) is 10.3. The van der Waals surface area contributed by atoms with E-state index in [1.165, 1.54) is 0 Å². The fourth-order valence-corrected chi connectivity index (χ4v) is 2.71. The predicted molar refractivity (Wildman–Crippen MR) is 67.9 cm³/mol. The van der Waals surface area contributed by atoms with Crippen molar-refractivity contribution < 1.29 is 9.53 Å². The number of ether oxygens (including phenoxy) is 1. The zero-order chi connectivity index (χ0) is 12.4. The smallest absolute Gasteiger partial charge is 0.245 e. The summed E-state index contributed by atoms with van der Waals surface area (Å²) in [5.74, 6) is 0.178. The highest BCUT2D eigenvalue weighted by Gasteiger charge is 2.36. The maximum absolute atomic E-state index is 12.4. The van der Waals surface area contributed by atoms with Gasteiger partial charge in [0.15, 0.2) is 0 Å². The fourth-order valence-electron chi connectivity index (χ4n) is 2.71. The van der Waals surface area contributed by atoms with Crippen molar-refractivity contribution in [2.24, 2.45) is 0 Å². The van der Waals surface area contributed by atoms with Crippen LogP contribution in [0.3, 0.4) is 0 Å². The molecule has 0 bridgehead atoms. The highest BCUT2D eigenvalue weighted by atomic mass is 16.5. The molecule has 4 heteroatoms. The number of hydrogen-bond acceptors (Lipinski definition) is 3. The molecule has 2 unspecified atom stereocenters. The third-order valence-corrected chi connectivity index (χ3v) is 3.71. The third-order valence-electron chi connectivity index (χ3n) is 3.71. The minimum Gasteiger partial charge on any atom is -0.379 e. The lowest BCUT2D eigenvalue weighted by Crippen LogP contribution is -2.42. The van der Waals surface area contributed by atoms with Crippen molar-refractivity contribution in [3.8, 4) is 0 Å². The molecule has 1 amide bonds. The summed E-state index contributed by atoms with van der Waals surface area (Å²) in [6, 6.07) is 9.95. The molecule has 1 N–H and O–H groups in total. The number of benzene rings is 1. The molecular formula is C14H18N2O2. The van der Waals surface area contributed by atoms with Crippen molar-refractivity contribution in [1.82, 2.24) is 10.2 Å². The molecule has 2 aliphatic rings. The molecule has 0 aliphatic carbocycles. The van der Waals surface area contributed by atoms with E-state index in [0.29, 0.717) is 13.3 Å². The molecule has 2 fully saturated rings. The monoisotopic (exact) mass is 246 g/mol. The Morgan fingerprint density at radius 2 is 2.11 bits per heavy atom. The number of nitrogens with zero attached hydrogens (tertiary/aromatic N) is 1. The topological polar surface area (TPSA) is 41.6 Å². The summed E-state index contributed by atoms with van der Waals surface area (Å²) in [5.41, 5.74) is 1.04. The second-order valence-electron chi connectivity index (χ2n) is 4.88. The number of nitrogens with one attached hydrogen (secondary N) is 1. The van der Waals surface area contributed by atoms with Gasteiger partial charge in [0.05, 0.1) is 19.3 Å².